The van der Waals surface area contributed by atoms with E-state index in [4.69, 9.17) is 25.9 Å². The van der Waals surface area contributed by atoms with Crippen LogP contribution in [0.4, 0.5) is 4.39 Å². The third kappa shape index (κ3) is 4.43. The molecule has 2 fully saturated rings. The second-order valence-electron chi connectivity index (χ2n) is 11.3. The molecule has 2 saturated heterocycles. The van der Waals surface area contributed by atoms with E-state index >= 15 is 0 Å². The minimum absolute atomic E-state index is 0.0231. The number of aryl methyl sites for hydroxylation is 1. The van der Waals surface area contributed by atoms with Crippen LogP contribution in [0.25, 0.3) is 10.8 Å². The van der Waals surface area contributed by atoms with Gasteiger partial charge in [0.1, 0.15) is 18.2 Å². The van der Waals surface area contributed by atoms with Crippen molar-refractivity contribution in [1.29, 1.82) is 0 Å². The number of hydrogen-bond donors (Lipinski definition) is 1. The van der Waals surface area contributed by atoms with Crippen LogP contribution in [0.2, 0.25) is 0 Å². The second kappa shape index (κ2) is 10.1. The Morgan fingerprint density at radius 1 is 1.26 bits per heavy atom. The number of ether oxygens (including phenoxy) is 2. The summed E-state index contributed by atoms with van der Waals surface area (Å²) in [6.07, 6.45) is 10.8. The fourth-order valence-electron chi connectivity index (χ4n) is 7.15. The van der Waals surface area contributed by atoms with Crippen LogP contribution in [0.1, 0.15) is 59.8 Å². The highest BCUT2D eigenvalue weighted by Gasteiger charge is 2.49. The molecule has 1 aromatic heterocycles. The number of likely N-dealkylation sites (N-methyl/N-ethyl adjacent to an activating group) is 1. The van der Waals surface area contributed by atoms with Crippen LogP contribution < -0.4 is 4.74 Å². The Bertz CT molecular complexity index is 1470. The van der Waals surface area contributed by atoms with Gasteiger partial charge in [0.05, 0.1) is 23.4 Å². The molecule has 1 N–H and O–H groups in total. The summed E-state index contributed by atoms with van der Waals surface area (Å²) in [4.78, 5) is 14.4. The number of phenols is 1. The van der Waals surface area contributed by atoms with Gasteiger partial charge in [-0.3, -0.25) is 9.80 Å². The molecule has 0 amide bonds. The van der Waals surface area contributed by atoms with Crippen molar-refractivity contribution in [2.75, 3.05) is 33.9 Å². The number of phenolic OH excluding ortho intramolecular Hbond substituents is 1. The van der Waals surface area contributed by atoms with Crippen molar-refractivity contribution in [3.8, 4) is 24.1 Å². The van der Waals surface area contributed by atoms with Crippen LogP contribution >= 0.6 is 0 Å². The van der Waals surface area contributed by atoms with Gasteiger partial charge in [-0.25, -0.2) is 9.37 Å². The van der Waals surface area contributed by atoms with E-state index in [2.05, 4.69) is 15.7 Å². The summed E-state index contributed by atoms with van der Waals surface area (Å²) < 4.78 is 26.5. The van der Waals surface area contributed by atoms with Crippen molar-refractivity contribution in [3.63, 3.8) is 0 Å². The maximum atomic E-state index is 14.7. The standard InChI is InChI=1S/C31H35FN4O3/c1-5-23-26(32)8-7-20-13-22(37)14-24(29(20)23)28-15-27-25(16-35(28)3)19(2)33-30(34-27)39-18-31-10-6-12-36(31)21(9-11-31)17-38-4/h1,7-8,13-14,21,28,37H,6,9-12,15-18H2,2-4H3. The number of hydrogen-bond acceptors (Lipinski definition) is 7. The van der Waals surface area contributed by atoms with Crippen LogP contribution in [-0.2, 0) is 17.7 Å². The van der Waals surface area contributed by atoms with E-state index < -0.39 is 5.82 Å². The zero-order valence-electron chi connectivity index (χ0n) is 22.8. The fraction of sp³-hybridized carbons (Fsp3) is 0.484. The molecule has 3 unspecified atom stereocenters. The van der Waals surface area contributed by atoms with Crippen molar-refractivity contribution in [1.82, 2.24) is 19.8 Å². The van der Waals surface area contributed by atoms with Gasteiger partial charge in [-0.15, -0.1) is 6.42 Å². The van der Waals surface area contributed by atoms with E-state index in [-0.39, 0.29) is 22.9 Å². The summed E-state index contributed by atoms with van der Waals surface area (Å²) in [6, 6.07) is 7.03. The smallest absolute Gasteiger partial charge is 0.316 e. The quantitative estimate of drug-likeness (QED) is 0.470. The molecule has 0 radical (unpaired) electrons. The van der Waals surface area contributed by atoms with Crippen LogP contribution in [0.5, 0.6) is 11.8 Å². The predicted octanol–water partition coefficient (Wildman–Crippen LogP) is 4.52. The third-order valence-corrected chi connectivity index (χ3v) is 9.05. The highest BCUT2D eigenvalue weighted by atomic mass is 19.1. The van der Waals surface area contributed by atoms with E-state index in [1.807, 2.05) is 14.0 Å². The van der Waals surface area contributed by atoms with Gasteiger partial charge in [0.25, 0.3) is 0 Å². The first kappa shape index (κ1) is 26.0. The van der Waals surface area contributed by atoms with Gasteiger partial charge in [0, 0.05) is 48.8 Å². The Kier molecular flexibility index (Phi) is 6.70. The lowest BCUT2D eigenvalue weighted by Crippen LogP contribution is -2.47. The summed E-state index contributed by atoms with van der Waals surface area (Å²) in [5, 5.41) is 11.9. The molecule has 4 heterocycles. The summed E-state index contributed by atoms with van der Waals surface area (Å²) >= 11 is 0. The van der Waals surface area contributed by atoms with E-state index in [9.17, 15) is 9.50 Å². The highest BCUT2D eigenvalue weighted by Crippen LogP contribution is 2.43. The molecule has 3 atom stereocenters. The number of aromatic hydroxyl groups is 1. The van der Waals surface area contributed by atoms with E-state index in [1.54, 1.807) is 25.3 Å². The SMILES string of the molecule is C#Cc1c(F)ccc2cc(O)cc(C3Cc4nc(OCC56CCCN5C(COC)CC6)nc(C)c4CN3C)c12. The van der Waals surface area contributed by atoms with Crippen LogP contribution in [0.3, 0.4) is 0 Å². The van der Waals surface area contributed by atoms with Gasteiger partial charge < -0.3 is 14.6 Å². The molecule has 0 spiro atoms. The van der Waals surface area contributed by atoms with Gasteiger partial charge in [0.15, 0.2) is 0 Å². The maximum absolute atomic E-state index is 14.7. The molecule has 2 aromatic carbocycles. The van der Waals surface area contributed by atoms with Crippen molar-refractivity contribution in [2.24, 2.45) is 0 Å². The zero-order chi connectivity index (χ0) is 27.3. The van der Waals surface area contributed by atoms with Gasteiger partial charge in [0.2, 0.25) is 0 Å². The van der Waals surface area contributed by atoms with Crippen LogP contribution in [0.15, 0.2) is 24.3 Å². The number of fused-ring (bicyclic) bond motifs is 3. The molecule has 39 heavy (non-hydrogen) atoms. The minimum Gasteiger partial charge on any atom is -0.508 e. The molecule has 3 aliphatic heterocycles. The number of benzene rings is 2. The Morgan fingerprint density at radius 2 is 2.10 bits per heavy atom. The van der Waals surface area contributed by atoms with Gasteiger partial charge in [-0.2, -0.15) is 4.98 Å². The molecule has 0 aliphatic carbocycles. The molecule has 3 aromatic rings. The lowest BCUT2D eigenvalue weighted by atomic mass is 9.88. The average molecular weight is 531 g/mol. The Labute approximate surface area is 229 Å². The van der Waals surface area contributed by atoms with Gasteiger partial charge in [-0.1, -0.05) is 12.0 Å². The second-order valence-corrected chi connectivity index (χ2v) is 11.3. The first-order valence-electron chi connectivity index (χ1n) is 13.7. The monoisotopic (exact) mass is 530 g/mol. The normalized spacial score (nSPS) is 25.0. The Morgan fingerprint density at radius 3 is 2.90 bits per heavy atom. The molecule has 0 bridgehead atoms. The lowest BCUT2D eigenvalue weighted by Gasteiger charge is -2.36. The minimum atomic E-state index is -0.440. The van der Waals surface area contributed by atoms with Crippen LogP contribution in [-0.4, -0.2) is 70.4 Å². The van der Waals surface area contributed by atoms with Crippen LogP contribution in [0, 0.1) is 25.1 Å². The molecule has 8 heteroatoms. The molecule has 204 valence electrons. The topological polar surface area (TPSA) is 71.0 Å². The number of halogens is 1. The Hall–Kier alpha value is -3.25. The number of terminal acetylenes is 1. The largest absolute Gasteiger partial charge is 0.508 e. The highest BCUT2D eigenvalue weighted by molar-refractivity contribution is 5.93. The first-order chi connectivity index (χ1) is 18.8. The summed E-state index contributed by atoms with van der Waals surface area (Å²) in [6.45, 7) is 5.02. The summed E-state index contributed by atoms with van der Waals surface area (Å²) in [5.74, 6) is 2.21. The van der Waals surface area contributed by atoms with E-state index in [1.165, 1.54) is 12.5 Å². The van der Waals surface area contributed by atoms with Gasteiger partial charge >= 0.3 is 6.01 Å². The van der Waals surface area contributed by atoms with Crippen molar-refractivity contribution >= 4 is 10.8 Å². The number of aromatic nitrogens is 2. The number of rotatable bonds is 6. The van der Waals surface area contributed by atoms with Gasteiger partial charge in [-0.05, 0) is 75.3 Å². The molecule has 0 saturated carbocycles. The number of methoxy groups -OCH3 is 1. The summed E-state index contributed by atoms with van der Waals surface area (Å²) in [7, 11) is 3.79. The lowest BCUT2D eigenvalue weighted by molar-refractivity contribution is 0.0517. The molecular formula is C31H35FN4O3. The Balaban J connectivity index is 1.31. The average Bonchev–Trinajstić information content (AvgIpc) is 3.48. The summed E-state index contributed by atoms with van der Waals surface area (Å²) in [5.41, 5.74) is 3.93. The first-order valence-corrected chi connectivity index (χ1v) is 13.7. The van der Waals surface area contributed by atoms with E-state index in [0.717, 1.165) is 54.9 Å². The third-order valence-electron chi connectivity index (χ3n) is 9.05. The maximum Gasteiger partial charge on any atom is 0.316 e. The number of nitrogens with zero attached hydrogens (tertiary/aromatic N) is 4. The fourth-order valence-corrected chi connectivity index (χ4v) is 7.15. The molecular weight excluding hydrogens is 495 g/mol. The van der Waals surface area contributed by atoms with Crippen molar-refractivity contribution in [3.05, 3.63) is 58.2 Å². The van der Waals surface area contributed by atoms with Crippen molar-refractivity contribution in [2.45, 2.75) is 63.2 Å². The predicted molar refractivity (Wildman–Crippen MR) is 147 cm³/mol. The molecule has 6 rings (SSSR count). The zero-order valence-corrected chi connectivity index (χ0v) is 22.8. The van der Waals surface area contributed by atoms with Crippen molar-refractivity contribution < 1.29 is 19.0 Å². The van der Waals surface area contributed by atoms with E-state index in [0.29, 0.717) is 42.4 Å². The molecule has 7 nitrogen and oxygen atoms in total. The molecule has 3 aliphatic rings.